The van der Waals surface area contributed by atoms with Gasteiger partial charge in [-0.25, -0.2) is 4.39 Å². The number of alkyl halides is 1. The van der Waals surface area contributed by atoms with E-state index in [0.717, 1.165) is 18.4 Å². The van der Waals surface area contributed by atoms with Gasteiger partial charge < -0.3 is 25.7 Å². The first kappa shape index (κ1) is 32.8. The number of amides is 4. The number of nitrogens with one attached hydrogen (secondary N) is 3. The number of carbonyl (C=O) groups excluding carboxylic acids is 5. The normalized spacial score (nSPS) is 26.8. The number of halogens is 2. The largest absolute Gasteiger partial charge is 0.387 e. The zero-order valence-electron chi connectivity index (χ0n) is 26.0. The lowest BCUT2D eigenvalue weighted by Crippen LogP contribution is -2.59. The van der Waals surface area contributed by atoms with Crippen LogP contribution < -0.4 is 16.0 Å². The molecule has 2 heterocycles. The van der Waals surface area contributed by atoms with Crippen LogP contribution in [-0.2, 0) is 28.8 Å². The highest BCUT2D eigenvalue weighted by Crippen LogP contribution is 2.41. The van der Waals surface area contributed by atoms with Crippen molar-refractivity contribution in [1.29, 1.82) is 0 Å². The lowest BCUT2D eigenvalue weighted by Gasteiger charge is -2.35. The number of hydrogen-bond acceptors (Lipinski definition) is 7. The van der Waals surface area contributed by atoms with Crippen molar-refractivity contribution in [1.82, 2.24) is 20.9 Å². The fraction of sp³-hybridized carbons (Fsp3) is 0.625. The smallest absolute Gasteiger partial charge is 0.289 e. The molecule has 1 spiro atoms. The number of ketones is 1. The van der Waals surface area contributed by atoms with Crippen molar-refractivity contribution in [3.05, 3.63) is 34.9 Å². The molecule has 0 aromatic heterocycles. The molecule has 6 atom stereocenters. The van der Waals surface area contributed by atoms with Crippen LogP contribution >= 0.6 is 11.6 Å². The molecule has 4 aliphatic rings. The molecule has 244 valence electrons. The molecule has 11 nitrogen and oxygen atoms in total. The molecule has 4 amide bonds. The average Bonchev–Trinajstić information content (AvgIpc) is 3.87. The van der Waals surface area contributed by atoms with E-state index in [4.69, 9.17) is 16.4 Å². The second-order valence-corrected chi connectivity index (χ2v) is 14.2. The molecular weight excluding hydrogens is 605 g/mol. The number of hydrogen-bond donors (Lipinski definition) is 3. The fourth-order valence-corrected chi connectivity index (χ4v) is 6.11. The highest BCUT2D eigenvalue weighted by atomic mass is 35.5. The van der Waals surface area contributed by atoms with Gasteiger partial charge in [0.15, 0.2) is 5.60 Å². The zero-order chi connectivity index (χ0) is 32.7. The van der Waals surface area contributed by atoms with E-state index in [-0.39, 0.29) is 38.3 Å². The number of likely N-dealkylation sites (tertiary alicyclic amines) is 1. The molecular formula is C32H41ClFN5O6. The molecule has 2 aliphatic carbocycles. The summed E-state index contributed by atoms with van der Waals surface area (Å²) < 4.78 is 13.7. The van der Waals surface area contributed by atoms with Crippen LogP contribution in [0.15, 0.2) is 29.4 Å². The predicted octanol–water partition coefficient (Wildman–Crippen LogP) is 2.83. The molecule has 1 saturated heterocycles. The van der Waals surface area contributed by atoms with Gasteiger partial charge in [0.2, 0.25) is 23.5 Å². The summed E-state index contributed by atoms with van der Waals surface area (Å²) in [5.74, 6) is -3.99. The molecule has 0 bridgehead atoms. The summed E-state index contributed by atoms with van der Waals surface area (Å²) in [6, 6.07) is 3.84. The van der Waals surface area contributed by atoms with E-state index in [2.05, 4.69) is 21.1 Å². The first-order valence-corrected chi connectivity index (χ1v) is 16.0. The summed E-state index contributed by atoms with van der Waals surface area (Å²) in [5.41, 5.74) is -0.503. The molecule has 13 heteroatoms. The van der Waals surface area contributed by atoms with Crippen molar-refractivity contribution in [3.8, 4) is 0 Å². The Labute approximate surface area is 267 Å². The number of carbonyl (C=O) groups is 5. The van der Waals surface area contributed by atoms with E-state index < -0.39 is 70.6 Å². The Hall–Kier alpha value is -3.54. The summed E-state index contributed by atoms with van der Waals surface area (Å²) in [7, 11) is 0. The van der Waals surface area contributed by atoms with E-state index in [1.54, 1.807) is 39.0 Å². The van der Waals surface area contributed by atoms with Gasteiger partial charge in [0, 0.05) is 29.5 Å². The lowest BCUT2D eigenvalue weighted by molar-refractivity contribution is -0.145. The van der Waals surface area contributed by atoms with Gasteiger partial charge in [0.1, 0.15) is 18.3 Å². The first-order chi connectivity index (χ1) is 21.2. The summed E-state index contributed by atoms with van der Waals surface area (Å²) in [6.45, 7) is 7.14. The van der Waals surface area contributed by atoms with E-state index in [1.165, 1.54) is 4.90 Å². The maximum Gasteiger partial charge on any atom is 0.289 e. The molecule has 1 aromatic rings. The van der Waals surface area contributed by atoms with Crippen LogP contribution in [-0.4, -0.2) is 82.5 Å². The number of oxime groups is 1. The Balaban J connectivity index is 1.40. The maximum absolute atomic E-state index is 14.3. The van der Waals surface area contributed by atoms with Crippen molar-refractivity contribution in [2.24, 2.45) is 16.5 Å². The molecule has 3 N–H and O–H groups in total. The SMILES string of the molecule is CCC[C@H](NC(=O)[C@@H]1C[C@]2(CC(c3cccc(Cl)c3)=NO2)CN1C(=O)[C@@H](NC(=O)C1C[C@@H]1F)C(C)(C)C)C(=O)C(=O)NC1CC1. The minimum Gasteiger partial charge on any atom is -0.387 e. The number of rotatable bonds is 11. The lowest BCUT2D eigenvalue weighted by atomic mass is 9.85. The van der Waals surface area contributed by atoms with Crippen molar-refractivity contribution in [2.45, 2.75) is 109 Å². The monoisotopic (exact) mass is 645 g/mol. The van der Waals surface area contributed by atoms with Crippen LogP contribution in [0, 0.1) is 11.3 Å². The van der Waals surface area contributed by atoms with Crippen LogP contribution in [0.1, 0.15) is 78.2 Å². The molecule has 1 aromatic carbocycles. The van der Waals surface area contributed by atoms with Crippen LogP contribution in [0.4, 0.5) is 4.39 Å². The Kier molecular flexibility index (Phi) is 9.26. The molecule has 2 aliphatic heterocycles. The predicted molar refractivity (Wildman–Crippen MR) is 164 cm³/mol. The first-order valence-electron chi connectivity index (χ1n) is 15.6. The molecule has 45 heavy (non-hydrogen) atoms. The average molecular weight is 646 g/mol. The summed E-state index contributed by atoms with van der Waals surface area (Å²) in [5, 5.41) is 13.0. The zero-order valence-corrected chi connectivity index (χ0v) is 26.8. The summed E-state index contributed by atoms with van der Waals surface area (Å²) >= 11 is 6.20. The maximum atomic E-state index is 14.3. The third-order valence-electron chi connectivity index (χ3n) is 8.78. The van der Waals surface area contributed by atoms with Crippen molar-refractivity contribution in [2.75, 3.05) is 6.54 Å². The molecule has 1 unspecified atom stereocenters. The van der Waals surface area contributed by atoms with Crippen LogP contribution in [0.2, 0.25) is 5.02 Å². The van der Waals surface area contributed by atoms with Crippen molar-refractivity contribution >= 4 is 46.7 Å². The fourth-order valence-electron chi connectivity index (χ4n) is 5.92. The molecule has 0 radical (unpaired) electrons. The topological polar surface area (TPSA) is 146 Å². The third-order valence-corrected chi connectivity index (χ3v) is 9.01. The van der Waals surface area contributed by atoms with Crippen LogP contribution in [0.3, 0.4) is 0 Å². The number of benzene rings is 1. The Morgan fingerprint density at radius 1 is 1.16 bits per heavy atom. The van der Waals surface area contributed by atoms with E-state index in [9.17, 15) is 28.4 Å². The van der Waals surface area contributed by atoms with Gasteiger partial charge in [-0.3, -0.25) is 24.0 Å². The Morgan fingerprint density at radius 2 is 1.87 bits per heavy atom. The number of Topliss-reactive ketones (excluding diaryl/α,β-unsaturated/α-hetero) is 1. The van der Waals surface area contributed by atoms with E-state index in [0.29, 0.717) is 17.2 Å². The van der Waals surface area contributed by atoms with Gasteiger partial charge in [-0.2, -0.15) is 0 Å². The van der Waals surface area contributed by atoms with E-state index >= 15 is 0 Å². The number of nitrogens with zero attached hydrogens (tertiary/aromatic N) is 2. The van der Waals surface area contributed by atoms with Gasteiger partial charge in [0.25, 0.3) is 5.91 Å². The summed E-state index contributed by atoms with van der Waals surface area (Å²) in [4.78, 5) is 74.0. The molecule has 2 saturated carbocycles. The molecule has 3 fully saturated rings. The third kappa shape index (κ3) is 7.48. The van der Waals surface area contributed by atoms with Crippen LogP contribution in [0.25, 0.3) is 0 Å². The summed E-state index contributed by atoms with van der Waals surface area (Å²) in [6.07, 6.45) is 1.57. The van der Waals surface area contributed by atoms with Crippen LogP contribution in [0.5, 0.6) is 0 Å². The quantitative estimate of drug-likeness (QED) is 0.316. The second kappa shape index (κ2) is 12.7. The highest BCUT2D eigenvalue weighted by molar-refractivity contribution is 6.38. The second-order valence-electron chi connectivity index (χ2n) is 13.8. The van der Waals surface area contributed by atoms with Crippen molar-refractivity contribution < 1.29 is 33.2 Å². The van der Waals surface area contributed by atoms with Gasteiger partial charge in [-0.1, -0.05) is 63.0 Å². The Morgan fingerprint density at radius 3 is 2.47 bits per heavy atom. The Bertz CT molecular complexity index is 1410. The van der Waals surface area contributed by atoms with Gasteiger partial charge in [0.05, 0.1) is 24.2 Å². The standard InChI is InChI=1S/C32H41ClFN5O6/c1-5-7-22(25(40)29(43)35-19-10-11-19)36-28(42)24-15-32(14-23(38-45-32)17-8-6-9-18(33)12-17)16-39(24)30(44)26(31(2,3)4)37-27(41)20-13-21(20)34/h6,8-9,12,19-22,24,26H,5,7,10-11,13-16H2,1-4H3,(H,35,43)(H,36,42)(H,37,41)/t20?,21-,22-,24-,26+,32+/m0/s1. The van der Waals surface area contributed by atoms with E-state index in [1.807, 2.05) is 13.0 Å². The van der Waals surface area contributed by atoms with Gasteiger partial charge >= 0.3 is 0 Å². The minimum atomic E-state index is -1.24. The minimum absolute atomic E-state index is 0.0241. The molecule has 5 rings (SSSR count). The van der Waals surface area contributed by atoms with Gasteiger partial charge in [-0.05, 0) is 43.2 Å². The van der Waals surface area contributed by atoms with Crippen molar-refractivity contribution in [3.63, 3.8) is 0 Å². The highest BCUT2D eigenvalue weighted by Gasteiger charge is 2.56. The van der Waals surface area contributed by atoms with Gasteiger partial charge in [-0.15, -0.1) is 0 Å².